The molecule has 0 saturated heterocycles. The highest BCUT2D eigenvalue weighted by Gasteiger charge is 2.28. The molecule has 0 aromatic carbocycles. The van der Waals surface area contributed by atoms with Crippen LogP contribution in [0.5, 0.6) is 0 Å². The molecular weight excluding hydrogens is 202 g/mol. The Morgan fingerprint density at radius 2 is 1.81 bits per heavy atom. The van der Waals surface area contributed by atoms with E-state index < -0.39 is 5.60 Å². The highest BCUT2D eigenvalue weighted by molar-refractivity contribution is 4.84. The average Bonchev–Trinajstić information content (AvgIpc) is 2.16. The van der Waals surface area contributed by atoms with Crippen LogP contribution < -0.4 is 5.32 Å². The lowest BCUT2D eigenvalue weighted by molar-refractivity contribution is -0.0123. The molecule has 0 atom stereocenters. The Bertz CT molecular complexity index is 193. The number of hydrogen-bond donors (Lipinski definition) is 2. The van der Waals surface area contributed by atoms with Crippen molar-refractivity contribution >= 4 is 0 Å². The van der Waals surface area contributed by atoms with Gasteiger partial charge >= 0.3 is 0 Å². The minimum Gasteiger partial charge on any atom is -0.389 e. The SMILES string of the molecule is CC(C)(C)OCCNCC1(O)CCCCC1. The molecule has 0 spiro atoms. The van der Waals surface area contributed by atoms with E-state index in [2.05, 4.69) is 26.1 Å². The van der Waals surface area contributed by atoms with E-state index in [9.17, 15) is 5.11 Å². The summed E-state index contributed by atoms with van der Waals surface area (Å²) in [5, 5.41) is 13.5. The first kappa shape index (κ1) is 13.9. The highest BCUT2D eigenvalue weighted by Crippen LogP contribution is 2.27. The molecule has 1 aliphatic carbocycles. The standard InChI is InChI=1S/C13H27NO2/c1-12(2,3)16-10-9-14-11-13(15)7-5-4-6-8-13/h14-15H,4-11H2,1-3H3. The van der Waals surface area contributed by atoms with Crippen molar-refractivity contribution in [3.63, 3.8) is 0 Å². The smallest absolute Gasteiger partial charge is 0.0771 e. The van der Waals surface area contributed by atoms with Gasteiger partial charge in [-0.25, -0.2) is 0 Å². The maximum atomic E-state index is 10.2. The van der Waals surface area contributed by atoms with Crippen LogP contribution in [0.4, 0.5) is 0 Å². The van der Waals surface area contributed by atoms with Crippen LogP contribution in [0, 0.1) is 0 Å². The zero-order valence-electron chi connectivity index (χ0n) is 11.0. The van der Waals surface area contributed by atoms with Crippen LogP contribution in [0.15, 0.2) is 0 Å². The van der Waals surface area contributed by atoms with Gasteiger partial charge in [0.2, 0.25) is 0 Å². The van der Waals surface area contributed by atoms with Crippen LogP contribution in [0.3, 0.4) is 0 Å². The molecule has 1 rings (SSSR count). The third kappa shape index (κ3) is 5.83. The van der Waals surface area contributed by atoms with Crippen LogP contribution in [0.2, 0.25) is 0 Å². The molecule has 0 aliphatic heterocycles. The Hall–Kier alpha value is -0.120. The fourth-order valence-electron chi connectivity index (χ4n) is 2.14. The van der Waals surface area contributed by atoms with Gasteiger partial charge in [-0.2, -0.15) is 0 Å². The van der Waals surface area contributed by atoms with Crippen molar-refractivity contribution in [1.29, 1.82) is 0 Å². The summed E-state index contributed by atoms with van der Waals surface area (Å²) < 4.78 is 5.61. The second-order valence-corrected chi connectivity index (χ2v) is 5.92. The van der Waals surface area contributed by atoms with Gasteiger partial charge in [0.1, 0.15) is 0 Å². The molecule has 1 aliphatic rings. The Labute approximate surface area is 99.6 Å². The first-order valence-electron chi connectivity index (χ1n) is 6.48. The van der Waals surface area contributed by atoms with Crippen molar-refractivity contribution < 1.29 is 9.84 Å². The summed E-state index contributed by atoms with van der Waals surface area (Å²) in [5.41, 5.74) is -0.524. The maximum absolute atomic E-state index is 10.2. The molecule has 1 fully saturated rings. The molecule has 0 radical (unpaired) electrons. The number of nitrogens with one attached hydrogen (secondary N) is 1. The largest absolute Gasteiger partial charge is 0.389 e. The molecule has 3 heteroatoms. The van der Waals surface area contributed by atoms with Crippen molar-refractivity contribution in [1.82, 2.24) is 5.32 Å². The quantitative estimate of drug-likeness (QED) is 0.709. The van der Waals surface area contributed by atoms with Gasteiger partial charge in [-0.1, -0.05) is 19.3 Å². The molecule has 0 aromatic rings. The van der Waals surface area contributed by atoms with Gasteiger partial charge in [0, 0.05) is 13.1 Å². The van der Waals surface area contributed by atoms with Crippen LogP contribution in [0.1, 0.15) is 52.9 Å². The van der Waals surface area contributed by atoms with E-state index in [0.29, 0.717) is 13.2 Å². The van der Waals surface area contributed by atoms with Gasteiger partial charge in [0.25, 0.3) is 0 Å². The monoisotopic (exact) mass is 229 g/mol. The molecule has 0 unspecified atom stereocenters. The Balaban J connectivity index is 2.06. The van der Waals surface area contributed by atoms with Gasteiger partial charge in [0.15, 0.2) is 0 Å². The number of rotatable bonds is 5. The predicted octanol–water partition coefficient (Wildman–Crippen LogP) is 2.09. The summed E-state index contributed by atoms with van der Waals surface area (Å²) in [5.74, 6) is 0. The number of hydrogen-bond acceptors (Lipinski definition) is 3. The van der Waals surface area contributed by atoms with Crippen molar-refractivity contribution in [2.75, 3.05) is 19.7 Å². The predicted molar refractivity (Wildman–Crippen MR) is 66.6 cm³/mol. The maximum Gasteiger partial charge on any atom is 0.0771 e. The van der Waals surface area contributed by atoms with E-state index in [1.165, 1.54) is 6.42 Å². The molecular formula is C13H27NO2. The van der Waals surface area contributed by atoms with Crippen LogP contribution in [0.25, 0.3) is 0 Å². The molecule has 16 heavy (non-hydrogen) atoms. The zero-order valence-corrected chi connectivity index (χ0v) is 11.0. The fraction of sp³-hybridized carbons (Fsp3) is 1.00. The zero-order chi connectivity index (χ0) is 12.1. The summed E-state index contributed by atoms with van der Waals surface area (Å²) in [6.45, 7) is 8.41. The van der Waals surface area contributed by atoms with E-state index >= 15 is 0 Å². The Kier molecular flexibility index (Phi) is 5.22. The van der Waals surface area contributed by atoms with Crippen molar-refractivity contribution in [2.24, 2.45) is 0 Å². The summed E-state index contributed by atoms with van der Waals surface area (Å²) >= 11 is 0. The van der Waals surface area contributed by atoms with E-state index in [1.807, 2.05) is 0 Å². The van der Waals surface area contributed by atoms with Gasteiger partial charge in [0.05, 0.1) is 17.8 Å². The summed E-state index contributed by atoms with van der Waals surface area (Å²) in [4.78, 5) is 0. The molecule has 0 amide bonds. The van der Waals surface area contributed by atoms with Gasteiger partial charge in [-0.15, -0.1) is 0 Å². The van der Waals surface area contributed by atoms with Crippen LogP contribution in [-0.4, -0.2) is 36.0 Å². The third-order valence-electron chi connectivity index (χ3n) is 3.05. The van der Waals surface area contributed by atoms with Crippen molar-refractivity contribution in [3.05, 3.63) is 0 Å². The van der Waals surface area contributed by atoms with Gasteiger partial charge in [-0.3, -0.25) is 0 Å². The Morgan fingerprint density at radius 3 is 2.38 bits per heavy atom. The second-order valence-electron chi connectivity index (χ2n) is 5.92. The van der Waals surface area contributed by atoms with Crippen LogP contribution in [-0.2, 0) is 4.74 Å². The molecule has 2 N–H and O–H groups in total. The van der Waals surface area contributed by atoms with E-state index in [-0.39, 0.29) is 5.60 Å². The van der Waals surface area contributed by atoms with Gasteiger partial charge < -0.3 is 15.2 Å². The summed E-state index contributed by atoms with van der Waals surface area (Å²) in [6.07, 6.45) is 5.49. The fourth-order valence-corrected chi connectivity index (χ4v) is 2.14. The van der Waals surface area contributed by atoms with Crippen molar-refractivity contribution in [3.8, 4) is 0 Å². The molecule has 0 aromatic heterocycles. The first-order valence-corrected chi connectivity index (χ1v) is 6.48. The average molecular weight is 229 g/mol. The van der Waals surface area contributed by atoms with E-state index in [1.54, 1.807) is 0 Å². The Morgan fingerprint density at radius 1 is 1.19 bits per heavy atom. The number of ether oxygens (including phenoxy) is 1. The minimum absolute atomic E-state index is 0.0661. The third-order valence-corrected chi connectivity index (χ3v) is 3.05. The summed E-state index contributed by atoms with van der Waals surface area (Å²) in [6, 6.07) is 0. The van der Waals surface area contributed by atoms with Crippen molar-refractivity contribution in [2.45, 2.75) is 64.1 Å². The highest BCUT2D eigenvalue weighted by atomic mass is 16.5. The summed E-state index contributed by atoms with van der Waals surface area (Å²) in [7, 11) is 0. The molecule has 3 nitrogen and oxygen atoms in total. The molecule has 0 bridgehead atoms. The minimum atomic E-state index is -0.458. The van der Waals surface area contributed by atoms with Gasteiger partial charge in [-0.05, 0) is 33.6 Å². The van der Waals surface area contributed by atoms with E-state index in [4.69, 9.17) is 4.74 Å². The van der Waals surface area contributed by atoms with Crippen LogP contribution >= 0.6 is 0 Å². The second kappa shape index (κ2) is 5.99. The first-order chi connectivity index (χ1) is 7.41. The molecule has 96 valence electrons. The molecule has 1 saturated carbocycles. The normalized spacial score (nSPS) is 21.0. The lowest BCUT2D eigenvalue weighted by Gasteiger charge is -2.32. The topological polar surface area (TPSA) is 41.5 Å². The molecule has 0 heterocycles. The number of aliphatic hydroxyl groups is 1. The lowest BCUT2D eigenvalue weighted by Crippen LogP contribution is -2.43. The van der Waals surface area contributed by atoms with E-state index in [0.717, 1.165) is 32.2 Å². The lowest BCUT2D eigenvalue weighted by atomic mass is 9.85.